The lowest BCUT2D eigenvalue weighted by Crippen LogP contribution is -2.39. The fourth-order valence-corrected chi connectivity index (χ4v) is 4.46. The number of ether oxygens (including phenoxy) is 1. The number of anilines is 1. The van der Waals surface area contributed by atoms with Crippen molar-refractivity contribution in [2.24, 2.45) is 13.0 Å². The number of alkyl halides is 3. The van der Waals surface area contributed by atoms with E-state index >= 15 is 0 Å². The van der Waals surface area contributed by atoms with Gasteiger partial charge in [-0.15, -0.1) is 0 Å². The van der Waals surface area contributed by atoms with Gasteiger partial charge in [-0.3, -0.25) is 4.68 Å². The van der Waals surface area contributed by atoms with E-state index in [1.54, 1.807) is 10.9 Å². The molecule has 170 valence electrons. The third kappa shape index (κ3) is 3.80. The molecule has 32 heavy (non-hydrogen) atoms. The van der Waals surface area contributed by atoms with E-state index in [0.29, 0.717) is 42.2 Å². The Labute approximate surface area is 183 Å². The molecule has 0 N–H and O–H groups in total. The van der Waals surface area contributed by atoms with Gasteiger partial charge in [-0.05, 0) is 26.7 Å². The van der Waals surface area contributed by atoms with Gasteiger partial charge in [0.25, 0.3) is 0 Å². The minimum atomic E-state index is -4.16. The number of aryl methyl sites for hydroxylation is 3. The van der Waals surface area contributed by atoms with Gasteiger partial charge < -0.3 is 9.64 Å². The molecule has 2 aliphatic rings. The Hall–Kier alpha value is -2.75. The van der Waals surface area contributed by atoms with E-state index in [0.717, 1.165) is 17.0 Å². The molecule has 0 unspecified atom stereocenters. The lowest BCUT2D eigenvalue weighted by molar-refractivity contribution is -0.197. The summed E-state index contributed by atoms with van der Waals surface area (Å²) >= 11 is 0. The minimum absolute atomic E-state index is 0.0467. The van der Waals surface area contributed by atoms with E-state index in [4.69, 9.17) is 9.72 Å². The van der Waals surface area contributed by atoms with Crippen LogP contribution in [0.5, 0.6) is 0 Å². The molecule has 0 aromatic carbocycles. The van der Waals surface area contributed by atoms with Crippen LogP contribution in [0.4, 0.5) is 19.0 Å². The summed E-state index contributed by atoms with van der Waals surface area (Å²) in [5.41, 5.74) is 4.46. The van der Waals surface area contributed by atoms with Gasteiger partial charge in [0, 0.05) is 43.9 Å². The number of hydrogen-bond acceptors (Lipinski definition) is 6. The Bertz CT molecular complexity index is 1150. The highest BCUT2D eigenvalue weighted by Crippen LogP contribution is 2.50. The molecular formula is C22H25F3N6O. The highest BCUT2D eigenvalue weighted by molar-refractivity contribution is 5.80. The summed E-state index contributed by atoms with van der Waals surface area (Å²) in [6, 6.07) is 1.89. The van der Waals surface area contributed by atoms with Crippen molar-refractivity contribution in [2.45, 2.75) is 44.9 Å². The van der Waals surface area contributed by atoms with Crippen LogP contribution in [0, 0.1) is 19.8 Å². The number of morpholine rings is 1. The van der Waals surface area contributed by atoms with Gasteiger partial charge in [-0.25, -0.2) is 15.0 Å². The number of halogens is 3. The van der Waals surface area contributed by atoms with Crippen LogP contribution in [0.25, 0.3) is 11.0 Å². The van der Waals surface area contributed by atoms with Crippen molar-refractivity contribution >= 4 is 16.9 Å². The second kappa shape index (κ2) is 7.68. The maximum atomic E-state index is 13.1. The molecule has 0 bridgehead atoms. The Kier molecular flexibility index (Phi) is 5.07. The number of aromatic nitrogens is 5. The summed E-state index contributed by atoms with van der Waals surface area (Å²) in [5.74, 6) is -0.834. The molecule has 0 spiro atoms. The molecular weight excluding hydrogens is 421 g/mol. The first-order valence-electron chi connectivity index (χ1n) is 10.8. The normalized spacial score (nSPS) is 24.1. The van der Waals surface area contributed by atoms with Crippen molar-refractivity contribution in [2.75, 3.05) is 24.6 Å². The zero-order chi connectivity index (χ0) is 22.6. The predicted octanol–water partition coefficient (Wildman–Crippen LogP) is 4.01. The zero-order valence-electron chi connectivity index (χ0n) is 18.2. The number of hydrogen-bond donors (Lipinski definition) is 0. The number of pyridine rings is 1. The Morgan fingerprint density at radius 2 is 1.84 bits per heavy atom. The topological polar surface area (TPSA) is 69.0 Å². The summed E-state index contributed by atoms with van der Waals surface area (Å²) in [6.07, 6.45) is -0.505. The molecule has 5 rings (SSSR count). The molecule has 3 aromatic heterocycles. The summed E-state index contributed by atoms with van der Waals surface area (Å²) in [4.78, 5) is 16.3. The third-order valence-electron chi connectivity index (χ3n) is 6.55. The van der Waals surface area contributed by atoms with Crippen LogP contribution >= 0.6 is 0 Å². The van der Waals surface area contributed by atoms with Crippen LogP contribution in [0.15, 0.2) is 18.5 Å². The maximum Gasteiger partial charge on any atom is 0.391 e. The van der Waals surface area contributed by atoms with Crippen LogP contribution in [-0.2, 0) is 11.8 Å². The highest BCUT2D eigenvalue weighted by atomic mass is 19.4. The van der Waals surface area contributed by atoms with Crippen molar-refractivity contribution < 1.29 is 17.9 Å². The monoisotopic (exact) mass is 446 g/mol. The zero-order valence-corrected chi connectivity index (χ0v) is 18.2. The van der Waals surface area contributed by atoms with Crippen LogP contribution in [0.1, 0.15) is 47.5 Å². The van der Waals surface area contributed by atoms with Gasteiger partial charge in [0.1, 0.15) is 17.4 Å². The van der Waals surface area contributed by atoms with E-state index < -0.39 is 12.1 Å². The summed E-state index contributed by atoms with van der Waals surface area (Å²) in [5, 5.41) is 4.22. The van der Waals surface area contributed by atoms with Gasteiger partial charge in [0.05, 0.1) is 41.3 Å². The second-order valence-corrected chi connectivity index (χ2v) is 8.79. The standard InChI is InChI=1S/C22H25F3N6O/c1-12-13(2)28-21-17(27-12)8-19(29-20(21)14-6-16(7-14)22(23,24)25)31-4-5-32-18(11-31)15-9-26-30(3)10-15/h8-10,14,16,18H,4-7,11H2,1-3H3/t14-,16+,18-/m1/s1. The first-order chi connectivity index (χ1) is 15.2. The van der Waals surface area contributed by atoms with E-state index in [1.807, 2.05) is 33.2 Å². The molecule has 2 fully saturated rings. The van der Waals surface area contributed by atoms with Crippen LogP contribution < -0.4 is 4.90 Å². The second-order valence-electron chi connectivity index (χ2n) is 8.79. The van der Waals surface area contributed by atoms with Crippen molar-refractivity contribution in [3.63, 3.8) is 0 Å². The molecule has 10 heteroatoms. The van der Waals surface area contributed by atoms with E-state index in [9.17, 15) is 13.2 Å². The van der Waals surface area contributed by atoms with Gasteiger partial charge in [0.2, 0.25) is 0 Å². The summed E-state index contributed by atoms with van der Waals surface area (Å²) in [6.45, 7) is 5.49. The largest absolute Gasteiger partial charge is 0.391 e. The first-order valence-corrected chi connectivity index (χ1v) is 10.8. The Morgan fingerprint density at radius 1 is 1.09 bits per heavy atom. The third-order valence-corrected chi connectivity index (χ3v) is 6.55. The average molecular weight is 446 g/mol. The van der Waals surface area contributed by atoms with Crippen molar-refractivity contribution in [1.82, 2.24) is 24.7 Å². The van der Waals surface area contributed by atoms with Crippen molar-refractivity contribution in [3.05, 3.63) is 41.1 Å². The molecule has 1 atom stereocenters. The fraction of sp³-hybridized carbons (Fsp3) is 0.545. The Morgan fingerprint density at radius 3 is 2.53 bits per heavy atom. The number of rotatable bonds is 3. The molecule has 0 amide bonds. The molecule has 1 saturated heterocycles. The van der Waals surface area contributed by atoms with Gasteiger partial charge >= 0.3 is 6.18 Å². The SMILES string of the molecule is Cc1nc2cc(N3CCO[C@@H](c4cnn(C)c4)C3)nc([C@H]3C[C@@H](C(F)(F)F)C3)c2nc1C. The molecule has 1 aliphatic heterocycles. The van der Waals surface area contributed by atoms with Crippen LogP contribution in [0.3, 0.4) is 0 Å². The summed E-state index contributed by atoms with van der Waals surface area (Å²) < 4.78 is 47.0. The van der Waals surface area contributed by atoms with Crippen LogP contribution in [0.2, 0.25) is 0 Å². The van der Waals surface area contributed by atoms with Crippen LogP contribution in [-0.4, -0.2) is 50.6 Å². The number of nitrogens with zero attached hydrogens (tertiary/aromatic N) is 6. The smallest absolute Gasteiger partial charge is 0.370 e. The van der Waals surface area contributed by atoms with Gasteiger partial charge in [0.15, 0.2) is 0 Å². The van der Waals surface area contributed by atoms with Crippen molar-refractivity contribution in [1.29, 1.82) is 0 Å². The predicted molar refractivity (Wildman–Crippen MR) is 112 cm³/mol. The van der Waals surface area contributed by atoms with Crippen molar-refractivity contribution in [3.8, 4) is 0 Å². The molecule has 7 nitrogen and oxygen atoms in total. The molecule has 4 heterocycles. The van der Waals surface area contributed by atoms with Gasteiger partial charge in [-0.1, -0.05) is 0 Å². The maximum absolute atomic E-state index is 13.1. The molecule has 0 radical (unpaired) electrons. The van der Waals surface area contributed by atoms with E-state index in [-0.39, 0.29) is 24.9 Å². The Balaban J connectivity index is 1.50. The molecule has 3 aromatic rings. The molecule has 1 aliphatic carbocycles. The summed E-state index contributed by atoms with van der Waals surface area (Å²) in [7, 11) is 1.86. The first kappa shape index (κ1) is 21.1. The fourth-order valence-electron chi connectivity index (χ4n) is 4.46. The van der Waals surface area contributed by atoms with E-state index in [1.165, 1.54) is 0 Å². The highest BCUT2D eigenvalue weighted by Gasteiger charge is 2.49. The lowest BCUT2D eigenvalue weighted by atomic mass is 9.72. The number of fused-ring (bicyclic) bond motifs is 1. The lowest BCUT2D eigenvalue weighted by Gasteiger charge is -2.37. The quantitative estimate of drug-likeness (QED) is 0.606. The van der Waals surface area contributed by atoms with Gasteiger partial charge in [-0.2, -0.15) is 18.3 Å². The van der Waals surface area contributed by atoms with E-state index in [2.05, 4.69) is 20.0 Å². The minimum Gasteiger partial charge on any atom is -0.370 e. The molecule has 1 saturated carbocycles. The average Bonchev–Trinajstić information content (AvgIpc) is 3.13.